The third kappa shape index (κ3) is 7.12. The minimum absolute atomic E-state index is 0.00285. The minimum Gasteiger partial charge on any atom is -0.342 e. The van der Waals surface area contributed by atoms with Crippen LogP contribution in [0.4, 0.5) is 32.0 Å². The predicted molar refractivity (Wildman–Crippen MR) is 147 cm³/mol. The summed E-state index contributed by atoms with van der Waals surface area (Å²) in [6, 6.07) is 5.81. The Hall–Kier alpha value is -4.06. The average molecular weight is 626 g/mol. The summed E-state index contributed by atoms with van der Waals surface area (Å²) < 4.78 is 83.9. The monoisotopic (exact) mass is 625 g/mol. The van der Waals surface area contributed by atoms with E-state index in [0.29, 0.717) is 17.7 Å². The molecule has 1 aliphatic rings. The predicted octanol–water partition coefficient (Wildman–Crippen LogP) is 5.99. The number of amides is 3. The Morgan fingerprint density at radius 2 is 1.72 bits per heavy atom. The topological polar surface area (TPSA) is 78.5 Å². The lowest BCUT2D eigenvalue weighted by Gasteiger charge is -2.30. The van der Waals surface area contributed by atoms with Gasteiger partial charge in [0.05, 0.1) is 16.8 Å². The summed E-state index contributed by atoms with van der Waals surface area (Å²) >= 11 is 6.02. The van der Waals surface area contributed by atoms with Gasteiger partial charge < -0.3 is 15.5 Å². The molecule has 4 rings (SSSR count). The fourth-order valence-electron chi connectivity index (χ4n) is 4.98. The second-order valence-corrected chi connectivity index (χ2v) is 10.7. The summed E-state index contributed by atoms with van der Waals surface area (Å²) in [5.41, 5.74) is -2.14. The number of carbonyl (C=O) groups excluding carboxylic acids is 3. The fraction of sp³-hybridized carbons (Fsp3) is 0.300. The highest BCUT2D eigenvalue weighted by Gasteiger charge is 2.38. The summed E-state index contributed by atoms with van der Waals surface area (Å²) in [6.45, 7) is 3.28. The third-order valence-corrected chi connectivity index (χ3v) is 7.17. The van der Waals surface area contributed by atoms with E-state index in [1.807, 2.05) is 0 Å². The van der Waals surface area contributed by atoms with E-state index < -0.39 is 77.0 Å². The molecule has 0 saturated heterocycles. The normalized spacial score (nSPS) is 16.0. The molecule has 0 spiro atoms. The van der Waals surface area contributed by atoms with Crippen LogP contribution in [0.25, 0.3) is 0 Å². The Morgan fingerprint density at radius 3 is 2.37 bits per heavy atom. The zero-order valence-corrected chi connectivity index (χ0v) is 23.6. The molecule has 6 nitrogen and oxygen atoms in total. The van der Waals surface area contributed by atoms with Crippen molar-refractivity contribution in [3.8, 4) is 0 Å². The van der Waals surface area contributed by atoms with E-state index in [4.69, 9.17) is 11.6 Å². The molecule has 2 atom stereocenters. The van der Waals surface area contributed by atoms with E-state index in [2.05, 4.69) is 10.6 Å². The molecule has 2 N–H and O–H groups in total. The zero-order valence-electron chi connectivity index (χ0n) is 22.9. The second-order valence-electron chi connectivity index (χ2n) is 10.3. The number of fused-ring (bicyclic) bond motifs is 1. The molecule has 0 bridgehead atoms. The molecule has 1 heterocycles. The molecule has 3 amide bonds. The Kier molecular flexibility index (Phi) is 9.38. The lowest BCUT2D eigenvalue weighted by Crippen LogP contribution is -2.55. The van der Waals surface area contributed by atoms with Crippen molar-refractivity contribution in [1.82, 2.24) is 10.6 Å². The molecule has 0 fully saturated rings. The highest BCUT2D eigenvalue weighted by atomic mass is 35.5. The van der Waals surface area contributed by atoms with Gasteiger partial charge in [-0.05, 0) is 74.2 Å². The van der Waals surface area contributed by atoms with Crippen LogP contribution in [0.1, 0.15) is 47.3 Å². The number of carbonyl (C=O) groups is 3. The summed E-state index contributed by atoms with van der Waals surface area (Å²) in [5, 5.41) is 4.81. The molecule has 13 heteroatoms. The maximum absolute atomic E-state index is 15.0. The van der Waals surface area contributed by atoms with Gasteiger partial charge in [0.1, 0.15) is 29.5 Å². The number of halogens is 7. The lowest BCUT2D eigenvalue weighted by molar-refractivity contribution is -0.138. The van der Waals surface area contributed by atoms with Crippen molar-refractivity contribution >= 4 is 35.0 Å². The molecule has 3 aromatic rings. The van der Waals surface area contributed by atoms with Crippen LogP contribution in [-0.2, 0) is 28.6 Å². The number of nitrogens with zero attached hydrogens (tertiary/aromatic N) is 1. The van der Waals surface area contributed by atoms with Crippen LogP contribution in [0.3, 0.4) is 0 Å². The SMILES string of the molecule is CC(C)N1C(=O)C(NC(=O)C(Cc2ccccc2F)NC(=O)c2ccc(F)cc2C(F)(F)F)CCc2cc(Cl)cc(F)c21. The molecule has 3 aromatic carbocycles. The van der Waals surface area contributed by atoms with Gasteiger partial charge in [0.15, 0.2) is 0 Å². The third-order valence-electron chi connectivity index (χ3n) is 6.95. The molecular formula is C30H26ClF6N3O3. The van der Waals surface area contributed by atoms with E-state index in [9.17, 15) is 40.7 Å². The molecule has 0 saturated carbocycles. The van der Waals surface area contributed by atoms with Crippen LogP contribution < -0.4 is 15.5 Å². The number of hydrogen-bond donors (Lipinski definition) is 2. The highest BCUT2D eigenvalue weighted by molar-refractivity contribution is 6.30. The maximum Gasteiger partial charge on any atom is 0.417 e. The molecule has 1 aliphatic heterocycles. The first-order valence-corrected chi connectivity index (χ1v) is 13.6. The average Bonchev–Trinajstić information content (AvgIpc) is 3.05. The minimum atomic E-state index is -5.10. The van der Waals surface area contributed by atoms with Crippen molar-refractivity contribution in [3.05, 3.63) is 99.3 Å². The number of rotatable bonds is 7. The van der Waals surface area contributed by atoms with Gasteiger partial charge in [0.2, 0.25) is 11.8 Å². The van der Waals surface area contributed by atoms with Gasteiger partial charge in [-0.1, -0.05) is 29.8 Å². The van der Waals surface area contributed by atoms with Crippen LogP contribution in [0.2, 0.25) is 5.02 Å². The van der Waals surface area contributed by atoms with Gasteiger partial charge in [-0.3, -0.25) is 14.4 Å². The number of anilines is 1. The van der Waals surface area contributed by atoms with Crippen LogP contribution in [0, 0.1) is 17.5 Å². The van der Waals surface area contributed by atoms with Gasteiger partial charge in [-0.15, -0.1) is 0 Å². The van der Waals surface area contributed by atoms with E-state index in [-0.39, 0.29) is 35.2 Å². The first-order chi connectivity index (χ1) is 20.2. The Balaban J connectivity index is 1.66. The van der Waals surface area contributed by atoms with E-state index in [1.165, 1.54) is 29.2 Å². The zero-order chi connectivity index (χ0) is 31.6. The molecule has 0 aromatic heterocycles. The van der Waals surface area contributed by atoms with Gasteiger partial charge in [0, 0.05) is 17.5 Å². The molecule has 228 valence electrons. The first-order valence-electron chi connectivity index (χ1n) is 13.2. The van der Waals surface area contributed by atoms with Gasteiger partial charge in [-0.2, -0.15) is 13.2 Å². The van der Waals surface area contributed by atoms with Crippen molar-refractivity contribution in [3.63, 3.8) is 0 Å². The second kappa shape index (κ2) is 12.7. The van der Waals surface area contributed by atoms with E-state index >= 15 is 0 Å². The van der Waals surface area contributed by atoms with Crippen molar-refractivity contribution in [2.24, 2.45) is 0 Å². The summed E-state index contributed by atoms with van der Waals surface area (Å²) in [5.74, 6) is -5.75. The van der Waals surface area contributed by atoms with Gasteiger partial charge in [0.25, 0.3) is 5.91 Å². The van der Waals surface area contributed by atoms with Crippen LogP contribution in [0.5, 0.6) is 0 Å². The Labute approximate surface area is 248 Å². The van der Waals surface area contributed by atoms with Crippen molar-refractivity contribution in [2.75, 3.05) is 4.90 Å². The van der Waals surface area contributed by atoms with Crippen LogP contribution >= 0.6 is 11.6 Å². The molecule has 0 radical (unpaired) electrons. The Morgan fingerprint density at radius 1 is 1.02 bits per heavy atom. The van der Waals surface area contributed by atoms with Gasteiger partial charge in [-0.25, -0.2) is 13.2 Å². The Bertz CT molecular complexity index is 1560. The van der Waals surface area contributed by atoms with E-state index in [1.54, 1.807) is 13.8 Å². The van der Waals surface area contributed by atoms with Crippen molar-refractivity contribution in [1.29, 1.82) is 0 Å². The quantitative estimate of drug-likeness (QED) is 0.317. The number of nitrogens with one attached hydrogen (secondary N) is 2. The molecule has 43 heavy (non-hydrogen) atoms. The summed E-state index contributed by atoms with van der Waals surface area (Å²) in [6.07, 6.45) is -5.47. The summed E-state index contributed by atoms with van der Waals surface area (Å²) in [4.78, 5) is 41.4. The number of benzene rings is 3. The lowest BCUT2D eigenvalue weighted by atomic mass is 10.0. The van der Waals surface area contributed by atoms with Crippen molar-refractivity contribution < 1.29 is 40.7 Å². The van der Waals surface area contributed by atoms with E-state index in [0.717, 1.165) is 12.1 Å². The largest absolute Gasteiger partial charge is 0.417 e. The first kappa shape index (κ1) is 31.9. The highest BCUT2D eigenvalue weighted by Crippen LogP contribution is 2.35. The molecule has 0 aliphatic carbocycles. The number of hydrogen-bond acceptors (Lipinski definition) is 3. The number of aryl methyl sites for hydroxylation is 1. The summed E-state index contributed by atoms with van der Waals surface area (Å²) in [7, 11) is 0. The molecular weight excluding hydrogens is 600 g/mol. The fourth-order valence-corrected chi connectivity index (χ4v) is 5.21. The maximum atomic E-state index is 15.0. The van der Waals surface area contributed by atoms with Crippen molar-refractivity contribution in [2.45, 2.75) is 57.4 Å². The smallest absolute Gasteiger partial charge is 0.342 e. The number of alkyl halides is 3. The van der Waals surface area contributed by atoms with Crippen LogP contribution in [0.15, 0.2) is 54.6 Å². The van der Waals surface area contributed by atoms with Gasteiger partial charge >= 0.3 is 6.18 Å². The molecule has 2 unspecified atom stereocenters. The van der Waals surface area contributed by atoms with Crippen LogP contribution in [-0.4, -0.2) is 35.8 Å². The standard InChI is InChI=1S/C30H26ClF6N3O3/c1-15(2)40-26-17(11-18(31)13-23(26)34)7-10-24(29(40)43)38-28(42)25(12-16-5-3-4-6-22(16)33)39-27(41)20-9-8-19(32)14-21(20)30(35,36)37/h3-6,8-9,11,13-15,24-25H,7,10,12H2,1-2H3,(H,38,42)(H,39,41).